The van der Waals surface area contributed by atoms with Crippen molar-refractivity contribution >= 4 is 62.8 Å². The van der Waals surface area contributed by atoms with Gasteiger partial charge in [0, 0.05) is 14.7 Å². The van der Waals surface area contributed by atoms with Gasteiger partial charge in [0.05, 0.1) is 17.1 Å². The predicted octanol–water partition coefficient (Wildman–Crippen LogP) is 6.09. The van der Waals surface area contributed by atoms with Crippen molar-refractivity contribution in [2.45, 2.75) is 14.7 Å². The Bertz CT molecular complexity index is 846. The van der Waals surface area contributed by atoms with Crippen LogP contribution in [0.2, 0.25) is 0 Å². The highest BCUT2D eigenvalue weighted by Crippen LogP contribution is 2.49. The summed E-state index contributed by atoms with van der Waals surface area (Å²) in [6, 6.07) is 20.7. The van der Waals surface area contributed by atoms with Crippen molar-refractivity contribution in [2.75, 3.05) is 16.4 Å². The zero-order valence-corrected chi connectivity index (χ0v) is 18.4. The molecule has 0 aliphatic heterocycles. The first-order chi connectivity index (χ1) is 13.9. The summed E-state index contributed by atoms with van der Waals surface area (Å²) < 4.78 is 28.7. The number of hydrogen-bond donors (Lipinski definition) is 6. The van der Waals surface area contributed by atoms with Crippen molar-refractivity contribution in [2.24, 2.45) is 0 Å². The third-order valence-corrected chi connectivity index (χ3v) is 5.27. The second-order valence-electron chi connectivity index (χ2n) is 5.67. The Kier molecular flexibility index (Phi) is 7.79. The molecular formula is C18H18N3O4PS3. The number of benzene rings is 3. The van der Waals surface area contributed by atoms with Crippen molar-refractivity contribution in [3.8, 4) is 0 Å². The minimum atomic E-state index is -4.14. The average molecular weight is 468 g/mol. The van der Waals surface area contributed by atoms with E-state index in [1.165, 1.54) is 0 Å². The highest BCUT2D eigenvalue weighted by molar-refractivity contribution is 7.80. The summed E-state index contributed by atoms with van der Waals surface area (Å²) >= 11 is 12.6. The molecular weight excluding hydrogens is 449 g/mol. The molecule has 3 aromatic rings. The monoisotopic (exact) mass is 467 g/mol. The van der Waals surface area contributed by atoms with Crippen LogP contribution in [0.25, 0.3) is 0 Å². The summed E-state index contributed by atoms with van der Waals surface area (Å²) in [5.74, 6) is 0. The molecule has 0 saturated carbocycles. The maximum absolute atomic E-state index is 13.0. The summed E-state index contributed by atoms with van der Waals surface area (Å²) in [5.41, 5.74) is 9.26. The molecule has 0 radical (unpaired) electrons. The highest BCUT2D eigenvalue weighted by atomic mass is 32.1. The molecule has 0 unspecified atom stereocenters. The molecule has 0 spiro atoms. The number of phosphoric acid groups is 1. The number of hydrogen-bond acceptors (Lipinski definition) is 10. The Morgan fingerprint density at radius 3 is 1.00 bits per heavy atom. The molecule has 0 saturated heterocycles. The van der Waals surface area contributed by atoms with Crippen LogP contribution >= 0.6 is 45.7 Å². The minimum absolute atomic E-state index is 0.536. The van der Waals surface area contributed by atoms with Gasteiger partial charge in [0.25, 0.3) is 0 Å². The maximum atomic E-state index is 13.0. The predicted molar refractivity (Wildman–Crippen MR) is 123 cm³/mol. The summed E-state index contributed by atoms with van der Waals surface area (Å²) in [4.78, 5) is 2.32. The first-order valence-electron chi connectivity index (χ1n) is 8.23. The lowest BCUT2D eigenvalue weighted by Crippen LogP contribution is -2.11. The van der Waals surface area contributed by atoms with E-state index in [2.05, 4.69) is 54.3 Å². The van der Waals surface area contributed by atoms with Gasteiger partial charge in [0.2, 0.25) is 0 Å². The summed E-state index contributed by atoms with van der Waals surface area (Å²) in [5, 5.41) is 0. The van der Waals surface area contributed by atoms with Gasteiger partial charge in [-0.3, -0.25) is 16.4 Å². The molecule has 29 heavy (non-hydrogen) atoms. The molecule has 0 fully saturated rings. The topological polar surface area (TPSA) is 80.9 Å². The van der Waals surface area contributed by atoms with Gasteiger partial charge < -0.3 is 0 Å². The molecule has 0 amide bonds. The van der Waals surface area contributed by atoms with Crippen LogP contribution < -0.4 is 16.4 Å². The molecule has 3 aromatic carbocycles. The molecule has 7 nitrogen and oxygen atoms in total. The molecule has 0 aromatic heterocycles. The third kappa shape index (κ3) is 7.20. The Balaban J connectivity index is 1.67. The Morgan fingerprint density at radius 2 is 0.759 bits per heavy atom. The van der Waals surface area contributed by atoms with Gasteiger partial charge in [-0.2, -0.15) is 13.9 Å². The van der Waals surface area contributed by atoms with E-state index in [0.29, 0.717) is 17.1 Å². The molecule has 0 atom stereocenters. The van der Waals surface area contributed by atoms with E-state index in [1.807, 2.05) is 0 Å². The largest absolute Gasteiger partial charge is 0.539 e. The average Bonchev–Trinajstić information content (AvgIpc) is 2.73. The fourth-order valence-electron chi connectivity index (χ4n) is 1.97. The lowest BCUT2D eigenvalue weighted by Gasteiger charge is -2.19. The maximum Gasteiger partial charge on any atom is 0.539 e. The van der Waals surface area contributed by atoms with Crippen LogP contribution in [0, 0.1) is 0 Å². The molecule has 0 aliphatic rings. The van der Waals surface area contributed by atoms with E-state index in [0.717, 1.165) is 14.7 Å². The number of nitrogens with one attached hydrogen (secondary N) is 3. The van der Waals surface area contributed by atoms with Gasteiger partial charge in [-0.25, -0.2) is 4.57 Å². The number of anilines is 3. The molecule has 3 rings (SSSR count). The van der Waals surface area contributed by atoms with E-state index in [9.17, 15) is 4.57 Å². The van der Waals surface area contributed by atoms with Crippen molar-refractivity contribution in [1.82, 2.24) is 0 Å². The molecule has 0 heterocycles. The second kappa shape index (κ2) is 10.3. The Labute approximate surface area is 184 Å². The molecule has 152 valence electrons. The van der Waals surface area contributed by atoms with Crippen molar-refractivity contribution in [1.29, 1.82) is 0 Å². The van der Waals surface area contributed by atoms with E-state index in [-0.39, 0.29) is 0 Å². The fourth-order valence-corrected chi connectivity index (χ4v) is 3.18. The van der Waals surface area contributed by atoms with Crippen LogP contribution in [0.15, 0.2) is 87.5 Å². The zero-order valence-electron chi connectivity index (χ0n) is 14.9. The van der Waals surface area contributed by atoms with Gasteiger partial charge in [-0.05, 0) is 72.8 Å². The second-order valence-corrected chi connectivity index (χ2v) is 8.66. The van der Waals surface area contributed by atoms with Crippen LogP contribution in [-0.2, 0) is 18.4 Å². The SMILES string of the molecule is O=P(ONc1ccc(S)cc1)(ONc1ccc(S)cc1)ONc1ccc(S)cc1. The lowest BCUT2D eigenvalue weighted by molar-refractivity contribution is 0.173. The highest BCUT2D eigenvalue weighted by Gasteiger charge is 2.30. The molecule has 3 N–H and O–H groups in total. The van der Waals surface area contributed by atoms with Crippen LogP contribution in [-0.4, -0.2) is 0 Å². The van der Waals surface area contributed by atoms with E-state index in [1.54, 1.807) is 72.8 Å². The van der Waals surface area contributed by atoms with Gasteiger partial charge in [-0.1, -0.05) is 0 Å². The standard InChI is InChI=1S/C18H18N3O4PS3/c22-26(23-19-13-1-7-16(27)8-2-13,24-20-14-3-9-17(28)10-4-14)25-21-15-5-11-18(29)12-6-15/h1-12,19-21,27-29H. The van der Waals surface area contributed by atoms with Crippen molar-refractivity contribution in [3.05, 3.63) is 72.8 Å². The van der Waals surface area contributed by atoms with Crippen LogP contribution in [0.5, 0.6) is 0 Å². The van der Waals surface area contributed by atoms with E-state index < -0.39 is 7.82 Å². The normalized spacial score (nSPS) is 11.1. The first kappa shape index (κ1) is 21.9. The van der Waals surface area contributed by atoms with E-state index in [4.69, 9.17) is 13.9 Å². The van der Waals surface area contributed by atoms with Crippen molar-refractivity contribution in [3.63, 3.8) is 0 Å². The Hall–Kier alpha value is -1.78. The summed E-state index contributed by atoms with van der Waals surface area (Å²) in [6.45, 7) is 0. The van der Waals surface area contributed by atoms with E-state index >= 15 is 0 Å². The fraction of sp³-hybridized carbons (Fsp3) is 0. The minimum Gasteiger partial charge on any atom is -0.256 e. The third-order valence-electron chi connectivity index (χ3n) is 3.43. The Morgan fingerprint density at radius 1 is 0.517 bits per heavy atom. The zero-order chi connectivity index (χ0) is 20.7. The smallest absolute Gasteiger partial charge is 0.256 e. The van der Waals surface area contributed by atoms with Gasteiger partial charge >= 0.3 is 7.82 Å². The number of thiol groups is 3. The van der Waals surface area contributed by atoms with Crippen LogP contribution in [0.1, 0.15) is 0 Å². The van der Waals surface area contributed by atoms with Gasteiger partial charge in [0.1, 0.15) is 0 Å². The van der Waals surface area contributed by atoms with Crippen LogP contribution in [0.3, 0.4) is 0 Å². The molecule has 0 bridgehead atoms. The quantitative estimate of drug-likeness (QED) is 0.129. The lowest BCUT2D eigenvalue weighted by atomic mass is 10.3. The van der Waals surface area contributed by atoms with Gasteiger partial charge in [-0.15, -0.1) is 37.9 Å². The summed E-state index contributed by atoms with van der Waals surface area (Å²) in [7, 11) is -4.14. The summed E-state index contributed by atoms with van der Waals surface area (Å²) in [6.07, 6.45) is 0. The van der Waals surface area contributed by atoms with Gasteiger partial charge in [0.15, 0.2) is 0 Å². The molecule has 11 heteroatoms. The first-order valence-corrected chi connectivity index (χ1v) is 11.0. The number of rotatable bonds is 9. The molecule has 0 aliphatic carbocycles. The van der Waals surface area contributed by atoms with Crippen molar-refractivity contribution < 1.29 is 18.4 Å². The van der Waals surface area contributed by atoms with Crippen LogP contribution in [0.4, 0.5) is 17.1 Å².